The molecule has 1 N–H and O–H groups in total. The number of allylic oxidation sites excluding steroid dienone is 1. The highest BCUT2D eigenvalue weighted by Gasteiger charge is 2.35. The van der Waals surface area contributed by atoms with Crippen LogP contribution in [0.2, 0.25) is 0 Å². The molecule has 1 aromatic heterocycles. The second-order valence-corrected chi connectivity index (χ2v) is 6.08. The van der Waals surface area contributed by atoms with Gasteiger partial charge in [-0.3, -0.25) is 0 Å². The van der Waals surface area contributed by atoms with E-state index in [0.717, 1.165) is 5.56 Å². The number of ether oxygens (including phenoxy) is 3. The summed E-state index contributed by atoms with van der Waals surface area (Å²) in [7, 11) is 3.12. The summed E-state index contributed by atoms with van der Waals surface area (Å²) in [5, 5.41) is 14.8. The minimum Gasteiger partial charge on any atom is -0.493 e. The van der Waals surface area contributed by atoms with E-state index in [1.165, 1.54) is 0 Å². The number of methoxy groups -OCH3 is 2. The molecule has 0 unspecified atom stereocenters. The number of esters is 1. The number of hydrogen-bond acceptors (Lipinski definition) is 8. The van der Waals surface area contributed by atoms with Crippen molar-refractivity contribution in [3.8, 4) is 11.5 Å². The lowest BCUT2D eigenvalue weighted by atomic mass is 9.95. The summed E-state index contributed by atoms with van der Waals surface area (Å²) in [6, 6.07) is 4.88. The van der Waals surface area contributed by atoms with E-state index >= 15 is 0 Å². The SMILES string of the molecule is COc1ccc([C@H]2C(C(=O)OC(C)C)=C(C)Nc3nnnn32)cc1OC. The molecule has 0 fully saturated rings. The number of nitrogens with zero attached hydrogens (tertiary/aromatic N) is 4. The number of hydrogen-bond donors (Lipinski definition) is 1. The van der Waals surface area contributed by atoms with Crippen LogP contribution >= 0.6 is 0 Å². The zero-order valence-corrected chi connectivity index (χ0v) is 15.3. The van der Waals surface area contributed by atoms with Crippen molar-refractivity contribution in [2.75, 3.05) is 19.5 Å². The molecule has 2 aromatic rings. The second kappa shape index (κ2) is 7.03. The largest absolute Gasteiger partial charge is 0.493 e. The quantitative estimate of drug-likeness (QED) is 0.808. The van der Waals surface area contributed by atoms with Gasteiger partial charge < -0.3 is 19.5 Å². The summed E-state index contributed by atoms with van der Waals surface area (Å²) < 4.78 is 17.7. The van der Waals surface area contributed by atoms with Crippen molar-refractivity contribution < 1.29 is 19.0 Å². The zero-order valence-electron chi connectivity index (χ0n) is 15.3. The highest BCUT2D eigenvalue weighted by molar-refractivity contribution is 5.92. The maximum absolute atomic E-state index is 12.8. The Bertz CT molecular complexity index is 859. The minimum absolute atomic E-state index is 0.246. The fourth-order valence-electron chi connectivity index (χ4n) is 2.89. The summed E-state index contributed by atoms with van der Waals surface area (Å²) in [6.45, 7) is 5.40. The Hall–Kier alpha value is -3.10. The summed E-state index contributed by atoms with van der Waals surface area (Å²) in [4.78, 5) is 12.8. The molecule has 1 aliphatic heterocycles. The van der Waals surface area contributed by atoms with Gasteiger partial charge in [-0.05, 0) is 48.9 Å². The Balaban J connectivity index is 2.13. The first kappa shape index (κ1) is 17.7. The van der Waals surface area contributed by atoms with Gasteiger partial charge in [-0.25, -0.2) is 4.79 Å². The van der Waals surface area contributed by atoms with Crippen LogP contribution in [0.15, 0.2) is 29.5 Å². The molecule has 1 atom stereocenters. The predicted octanol–water partition coefficient (Wildman–Crippen LogP) is 1.93. The molecule has 1 aromatic carbocycles. The number of carbonyl (C=O) groups excluding carboxylic acids is 1. The van der Waals surface area contributed by atoms with Gasteiger partial charge in [0.15, 0.2) is 11.5 Å². The van der Waals surface area contributed by atoms with Gasteiger partial charge in [-0.15, -0.1) is 0 Å². The van der Waals surface area contributed by atoms with Crippen LogP contribution in [-0.4, -0.2) is 46.5 Å². The lowest BCUT2D eigenvalue weighted by Crippen LogP contribution is -2.30. The fourth-order valence-corrected chi connectivity index (χ4v) is 2.89. The van der Waals surface area contributed by atoms with Crippen LogP contribution in [-0.2, 0) is 9.53 Å². The van der Waals surface area contributed by atoms with Crippen molar-refractivity contribution in [3.05, 3.63) is 35.0 Å². The van der Waals surface area contributed by atoms with Crippen molar-refractivity contribution in [3.63, 3.8) is 0 Å². The van der Waals surface area contributed by atoms with Crippen LogP contribution in [0, 0.1) is 0 Å². The molecule has 9 heteroatoms. The Kier molecular flexibility index (Phi) is 4.79. The van der Waals surface area contributed by atoms with Gasteiger partial charge >= 0.3 is 5.97 Å². The second-order valence-electron chi connectivity index (χ2n) is 6.08. The monoisotopic (exact) mass is 359 g/mol. The molecule has 9 nitrogen and oxygen atoms in total. The van der Waals surface area contributed by atoms with Crippen LogP contribution in [0.4, 0.5) is 5.95 Å². The molecule has 26 heavy (non-hydrogen) atoms. The van der Waals surface area contributed by atoms with Crippen molar-refractivity contribution in [2.45, 2.75) is 32.9 Å². The van der Waals surface area contributed by atoms with Gasteiger partial charge in [0.25, 0.3) is 0 Å². The number of rotatable bonds is 5. The third-order valence-electron chi connectivity index (χ3n) is 4.00. The average Bonchev–Trinajstić information content (AvgIpc) is 3.07. The molecule has 138 valence electrons. The van der Waals surface area contributed by atoms with Crippen LogP contribution < -0.4 is 14.8 Å². The molecular weight excluding hydrogens is 338 g/mol. The number of carbonyl (C=O) groups is 1. The normalized spacial score (nSPS) is 16.2. The molecular formula is C17H21N5O4. The molecule has 0 bridgehead atoms. The summed E-state index contributed by atoms with van der Waals surface area (Å²) >= 11 is 0. The maximum atomic E-state index is 12.8. The molecule has 0 spiro atoms. The Morgan fingerprint density at radius 1 is 1.23 bits per heavy atom. The molecule has 0 saturated heterocycles. The van der Waals surface area contributed by atoms with Crippen molar-refractivity contribution in [1.29, 1.82) is 0 Å². The maximum Gasteiger partial charge on any atom is 0.338 e. The molecule has 0 saturated carbocycles. The fraction of sp³-hybridized carbons (Fsp3) is 0.412. The first-order valence-corrected chi connectivity index (χ1v) is 8.14. The highest BCUT2D eigenvalue weighted by atomic mass is 16.5. The number of tetrazole rings is 1. The third kappa shape index (κ3) is 3.07. The van der Waals surface area contributed by atoms with E-state index < -0.39 is 12.0 Å². The summed E-state index contributed by atoms with van der Waals surface area (Å²) in [5.74, 6) is 1.16. The average molecular weight is 359 g/mol. The lowest BCUT2D eigenvalue weighted by Gasteiger charge is -2.28. The number of aromatic nitrogens is 4. The summed E-state index contributed by atoms with van der Waals surface area (Å²) in [6.07, 6.45) is -0.246. The van der Waals surface area contributed by atoms with Gasteiger partial charge in [0, 0.05) is 5.70 Å². The third-order valence-corrected chi connectivity index (χ3v) is 4.00. The molecule has 1 aliphatic rings. The van der Waals surface area contributed by atoms with Crippen LogP contribution in [0.3, 0.4) is 0 Å². The zero-order chi connectivity index (χ0) is 18.8. The van der Waals surface area contributed by atoms with Crippen molar-refractivity contribution in [2.24, 2.45) is 0 Å². The molecule has 3 rings (SSSR count). The van der Waals surface area contributed by atoms with E-state index in [9.17, 15) is 4.79 Å². The topological polar surface area (TPSA) is 100 Å². The van der Waals surface area contributed by atoms with Crippen molar-refractivity contribution in [1.82, 2.24) is 20.2 Å². The predicted molar refractivity (Wildman–Crippen MR) is 93.1 cm³/mol. The first-order chi connectivity index (χ1) is 12.5. The van der Waals surface area contributed by atoms with Gasteiger partial charge in [-0.1, -0.05) is 11.2 Å². The number of fused-ring (bicyclic) bond motifs is 1. The highest BCUT2D eigenvalue weighted by Crippen LogP contribution is 2.38. The van der Waals surface area contributed by atoms with Gasteiger partial charge in [0.05, 0.1) is 25.9 Å². The van der Waals surface area contributed by atoms with Gasteiger partial charge in [-0.2, -0.15) is 4.68 Å². The number of anilines is 1. The Labute approximate surface area is 150 Å². The van der Waals surface area contributed by atoms with E-state index in [1.807, 2.05) is 6.07 Å². The molecule has 0 amide bonds. The van der Waals surface area contributed by atoms with Crippen LogP contribution in [0.1, 0.15) is 32.4 Å². The smallest absolute Gasteiger partial charge is 0.338 e. The Morgan fingerprint density at radius 2 is 1.96 bits per heavy atom. The van der Waals surface area contributed by atoms with E-state index in [1.54, 1.807) is 51.8 Å². The van der Waals surface area contributed by atoms with E-state index in [2.05, 4.69) is 20.8 Å². The van der Waals surface area contributed by atoms with Crippen LogP contribution in [0.25, 0.3) is 0 Å². The molecule has 0 radical (unpaired) electrons. The number of nitrogens with one attached hydrogen (secondary N) is 1. The standard InChI is InChI=1S/C17H21N5O4/c1-9(2)26-16(23)14-10(3)18-17-19-20-21-22(17)15(14)11-6-7-12(24-4)13(8-11)25-5/h6-9,15H,1-5H3,(H,18,19,21)/t15-/m0/s1. The van der Waals surface area contributed by atoms with Gasteiger partial charge in [0.1, 0.15) is 6.04 Å². The van der Waals surface area contributed by atoms with E-state index in [4.69, 9.17) is 14.2 Å². The van der Waals surface area contributed by atoms with Gasteiger partial charge in [0.2, 0.25) is 5.95 Å². The Morgan fingerprint density at radius 3 is 2.62 bits per heavy atom. The first-order valence-electron chi connectivity index (χ1n) is 8.14. The molecule has 0 aliphatic carbocycles. The van der Waals surface area contributed by atoms with Crippen LogP contribution in [0.5, 0.6) is 11.5 Å². The minimum atomic E-state index is -0.549. The summed E-state index contributed by atoms with van der Waals surface area (Å²) in [5.41, 5.74) is 1.84. The lowest BCUT2D eigenvalue weighted by molar-refractivity contribution is -0.143. The number of benzene rings is 1. The van der Waals surface area contributed by atoms with E-state index in [-0.39, 0.29) is 6.10 Å². The van der Waals surface area contributed by atoms with E-state index in [0.29, 0.717) is 28.7 Å². The molecule has 2 heterocycles. The van der Waals surface area contributed by atoms with Crippen molar-refractivity contribution >= 4 is 11.9 Å².